The molecule has 1 saturated carbocycles. The van der Waals surface area contributed by atoms with Crippen LogP contribution in [0.25, 0.3) is 22.2 Å². The number of fused-ring (bicyclic) bond motifs is 1. The fourth-order valence-corrected chi connectivity index (χ4v) is 4.95. The smallest absolute Gasteiger partial charge is 0.137 e. The zero-order valence-electron chi connectivity index (χ0n) is 16.6. The van der Waals surface area contributed by atoms with Gasteiger partial charge in [-0.1, -0.05) is 0 Å². The number of ether oxygens (including phenoxy) is 1. The SMILES string of the molecule is Cn1cc(-c2c[nH]c3ncc([C@H]4CC[C@H](N5CCCOCC5)CC4)cc23)cn1. The number of aromatic nitrogens is 4. The fourth-order valence-electron chi connectivity index (χ4n) is 4.95. The summed E-state index contributed by atoms with van der Waals surface area (Å²) >= 11 is 0. The van der Waals surface area contributed by atoms with Crippen molar-refractivity contribution >= 4 is 11.0 Å². The van der Waals surface area contributed by atoms with Crippen LogP contribution in [0, 0.1) is 0 Å². The third kappa shape index (κ3) is 3.47. The first-order chi connectivity index (χ1) is 13.8. The van der Waals surface area contributed by atoms with Crippen molar-refractivity contribution in [2.24, 2.45) is 7.05 Å². The lowest BCUT2D eigenvalue weighted by molar-refractivity contribution is 0.118. The van der Waals surface area contributed by atoms with Gasteiger partial charge in [0.05, 0.1) is 12.8 Å². The summed E-state index contributed by atoms with van der Waals surface area (Å²) in [5.74, 6) is 0.619. The van der Waals surface area contributed by atoms with Gasteiger partial charge in [-0.2, -0.15) is 5.10 Å². The molecule has 1 aliphatic heterocycles. The summed E-state index contributed by atoms with van der Waals surface area (Å²) in [5, 5.41) is 5.53. The van der Waals surface area contributed by atoms with Crippen LogP contribution in [-0.4, -0.2) is 57.0 Å². The van der Waals surface area contributed by atoms with E-state index >= 15 is 0 Å². The summed E-state index contributed by atoms with van der Waals surface area (Å²) in [6.45, 7) is 4.11. The largest absolute Gasteiger partial charge is 0.380 e. The van der Waals surface area contributed by atoms with Crippen molar-refractivity contribution in [3.63, 3.8) is 0 Å². The molecule has 0 unspecified atom stereocenters. The molecule has 28 heavy (non-hydrogen) atoms. The molecule has 0 atom stereocenters. The summed E-state index contributed by atoms with van der Waals surface area (Å²) in [5.41, 5.74) is 4.67. The number of rotatable bonds is 3. The third-order valence-corrected chi connectivity index (χ3v) is 6.51. The fraction of sp³-hybridized carbons (Fsp3) is 0.545. The van der Waals surface area contributed by atoms with E-state index < -0.39 is 0 Å². The van der Waals surface area contributed by atoms with Crippen molar-refractivity contribution in [2.75, 3.05) is 26.3 Å². The Morgan fingerprint density at radius 1 is 1.11 bits per heavy atom. The minimum atomic E-state index is 0.619. The molecular formula is C22H29N5O. The van der Waals surface area contributed by atoms with Crippen molar-refractivity contribution in [2.45, 2.75) is 44.1 Å². The molecule has 1 N–H and O–H groups in total. The van der Waals surface area contributed by atoms with Gasteiger partial charge in [0.1, 0.15) is 5.65 Å². The van der Waals surface area contributed by atoms with Crippen molar-refractivity contribution in [3.05, 3.63) is 36.4 Å². The van der Waals surface area contributed by atoms with Gasteiger partial charge in [-0.05, 0) is 49.7 Å². The van der Waals surface area contributed by atoms with Gasteiger partial charge in [0.15, 0.2) is 0 Å². The van der Waals surface area contributed by atoms with Crippen molar-refractivity contribution in [3.8, 4) is 11.1 Å². The van der Waals surface area contributed by atoms with Crippen LogP contribution in [0.1, 0.15) is 43.6 Å². The van der Waals surface area contributed by atoms with Crippen LogP contribution in [-0.2, 0) is 11.8 Å². The van der Waals surface area contributed by atoms with Crippen molar-refractivity contribution < 1.29 is 4.74 Å². The second kappa shape index (κ2) is 7.68. The minimum absolute atomic E-state index is 0.619. The minimum Gasteiger partial charge on any atom is -0.380 e. The highest BCUT2D eigenvalue weighted by Gasteiger charge is 2.27. The molecule has 6 nitrogen and oxygen atoms in total. The van der Waals surface area contributed by atoms with Crippen LogP contribution in [0.3, 0.4) is 0 Å². The zero-order valence-corrected chi connectivity index (χ0v) is 16.6. The van der Waals surface area contributed by atoms with E-state index in [1.54, 1.807) is 0 Å². The number of aromatic amines is 1. The van der Waals surface area contributed by atoms with E-state index in [0.717, 1.165) is 37.0 Å². The first-order valence-corrected chi connectivity index (χ1v) is 10.6. The molecule has 0 radical (unpaired) electrons. The molecule has 4 heterocycles. The highest BCUT2D eigenvalue weighted by atomic mass is 16.5. The molecule has 3 aromatic rings. The van der Waals surface area contributed by atoms with Gasteiger partial charge >= 0.3 is 0 Å². The second-order valence-corrected chi connectivity index (χ2v) is 8.28. The van der Waals surface area contributed by atoms with Crippen molar-refractivity contribution in [1.29, 1.82) is 0 Å². The average molecular weight is 380 g/mol. The molecule has 148 valence electrons. The normalized spacial score (nSPS) is 24.5. The van der Waals surface area contributed by atoms with Crippen LogP contribution in [0.4, 0.5) is 0 Å². The van der Waals surface area contributed by atoms with Gasteiger partial charge in [0.25, 0.3) is 0 Å². The Hall–Kier alpha value is -2.18. The maximum atomic E-state index is 5.63. The lowest BCUT2D eigenvalue weighted by Crippen LogP contribution is -2.39. The molecule has 0 spiro atoms. The lowest BCUT2D eigenvalue weighted by atomic mass is 9.81. The highest BCUT2D eigenvalue weighted by molar-refractivity contribution is 5.93. The van der Waals surface area contributed by atoms with Gasteiger partial charge in [-0.15, -0.1) is 0 Å². The summed E-state index contributed by atoms with van der Waals surface area (Å²) in [7, 11) is 1.96. The number of pyridine rings is 1. The van der Waals surface area contributed by atoms with Gasteiger partial charge in [-0.3, -0.25) is 9.58 Å². The third-order valence-electron chi connectivity index (χ3n) is 6.51. The van der Waals surface area contributed by atoms with Crippen LogP contribution in [0.15, 0.2) is 30.9 Å². The van der Waals surface area contributed by atoms with Crippen LogP contribution >= 0.6 is 0 Å². The van der Waals surface area contributed by atoms with E-state index in [1.807, 2.05) is 17.9 Å². The summed E-state index contributed by atoms with van der Waals surface area (Å²) < 4.78 is 7.48. The van der Waals surface area contributed by atoms with Crippen LogP contribution in [0.5, 0.6) is 0 Å². The first kappa shape index (κ1) is 17.9. The van der Waals surface area contributed by atoms with Gasteiger partial charge in [-0.25, -0.2) is 4.98 Å². The Labute approximate surface area is 165 Å². The molecule has 6 heteroatoms. The first-order valence-electron chi connectivity index (χ1n) is 10.6. The highest BCUT2D eigenvalue weighted by Crippen LogP contribution is 2.37. The number of aryl methyl sites for hydroxylation is 1. The maximum Gasteiger partial charge on any atom is 0.137 e. The number of H-pyrrole nitrogens is 1. The van der Waals surface area contributed by atoms with E-state index in [9.17, 15) is 0 Å². The Balaban J connectivity index is 1.33. The molecule has 1 aliphatic carbocycles. The second-order valence-electron chi connectivity index (χ2n) is 8.28. The van der Waals surface area contributed by atoms with Crippen molar-refractivity contribution in [1.82, 2.24) is 24.6 Å². The molecule has 3 aromatic heterocycles. The number of nitrogens with zero attached hydrogens (tertiary/aromatic N) is 4. The Bertz CT molecular complexity index is 929. The Morgan fingerprint density at radius 3 is 2.82 bits per heavy atom. The van der Waals surface area contributed by atoms with Gasteiger partial charge in [0.2, 0.25) is 0 Å². The lowest BCUT2D eigenvalue weighted by Gasteiger charge is -2.36. The monoisotopic (exact) mass is 379 g/mol. The molecule has 1 saturated heterocycles. The predicted molar refractivity (Wildman–Crippen MR) is 110 cm³/mol. The Morgan fingerprint density at radius 2 is 2.00 bits per heavy atom. The Kier molecular flexibility index (Phi) is 4.91. The summed E-state index contributed by atoms with van der Waals surface area (Å²) in [6.07, 6.45) is 14.4. The molecule has 0 amide bonds. The summed E-state index contributed by atoms with van der Waals surface area (Å²) in [6, 6.07) is 3.08. The summed E-state index contributed by atoms with van der Waals surface area (Å²) in [4.78, 5) is 10.7. The number of hydrogen-bond donors (Lipinski definition) is 1. The molecular weight excluding hydrogens is 350 g/mol. The molecule has 0 aromatic carbocycles. The number of hydrogen-bond acceptors (Lipinski definition) is 4. The van der Waals surface area contributed by atoms with Gasteiger partial charge in [0, 0.05) is 67.9 Å². The number of nitrogens with one attached hydrogen (secondary N) is 1. The van der Waals surface area contributed by atoms with E-state index in [0.29, 0.717) is 5.92 Å². The van der Waals surface area contributed by atoms with Crippen LogP contribution in [0.2, 0.25) is 0 Å². The predicted octanol–water partition coefficient (Wildman–Crippen LogP) is 3.71. The molecule has 5 rings (SSSR count). The quantitative estimate of drug-likeness (QED) is 0.754. The zero-order chi connectivity index (χ0) is 18.9. The topological polar surface area (TPSA) is 59.0 Å². The van der Waals surface area contributed by atoms with E-state index in [-0.39, 0.29) is 0 Å². The standard InChI is InChI=1S/C22H29N5O/c1-26-15-18(13-25-26)21-14-24-22-20(21)11-17(12-23-22)16-3-5-19(6-4-16)27-7-2-9-28-10-8-27/h11-16,19H,2-10H2,1H3,(H,23,24)/t16-,19-. The van der Waals surface area contributed by atoms with E-state index in [2.05, 4.69) is 39.6 Å². The average Bonchev–Trinajstić information content (AvgIpc) is 3.24. The molecule has 2 fully saturated rings. The van der Waals surface area contributed by atoms with E-state index in [4.69, 9.17) is 9.72 Å². The molecule has 0 bridgehead atoms. The maximum absolute atomic E-state index is 5.63. The molecule has 2 aliphatic rings. The van der Waals surface area contributed by atoms with Crippen LogP contribution < -0.4 is 0 Å². The van der Waals surface area contributed by atoms with E-state index in [1.165, 1.54) is 55.2 Å². The van der Waals surface area contributed by atoms with Gasteiger partial charge < -0.3 is 9.72 Å².